The topological polar surface area (TPSA) is 228 Å². The molecule has 0 aliphatic carbocycles. The van der Waals surface area contributed by atoms with E-state index in [-0.39, 0.29) is 28.0 Å². The number of pyridine rings is 2. The van der Waals surface area contributed by atoms with Crippen molar-refractivity contribution >= 4 is 36.2 Å². The van der Waals surface area contributed by atoms with Crippen LogP contribution in [0.25, 0.3) is 55.7 Å². The SMILES string of the molecule is CC(C)(C)OC(=O)n1cc(-c2cn(-c3ccc(OC(F)(F)F)cc3)c(=O)c3n[nH]nc23)cn1.CCOCC[Si](C)(C)C.O=c1c2n[nH]nc2c(-c2cn[nH]c2)cn1-c1ccc(OC(F)(F)F)cc1. The average molecular weight is 971 g/mol. The monoisotopic (exact) mass is 970 g/mol. The molecule has 0 amide bonds. The fourth-order valence-electron chi connectivity index (χ4n) is 6.08. The third kappa shape index (κ3) is 13.0. The minimum Gasteiger partial charge on any atom is -0.442 e. The van der Waals surface area contributed by atoms with Gasteiger partial charge in [0.1, 0.15) is 28.1 Å². The molecule has 0 spiro atoms. The molecule has 0 saturated carbocycles. The van der Waals surface area contributed by atoms with Crippen LogP contribution in [0.3, 0.4) is 0 Å². The first-order chi connectivity index (χ1) is 31.9. The van der Waals surface area contributed by atoms with Gasteiger partial charge in [0.2, 0.25) is 0 Å². The summed E-state index contributed by atoms with van der Waals surface area (Å²) in [6.07, 6.45) is -1.38. The fraction of sp³-hybridized carbons (Fsp3) is 0.310. The third-order valence-corrected chi connectivity index (χ3v) is 10.9. The molecule has 19 nitrogen and oxygen atoms in total. The van der Waals surface area contributed by atoms with Crippen LogP contribution in [-0.2, 0) is 9.47 Å². The summed E-state index contributed by atoms with van der Waals surface area (Å²) in [4.78, 5) is 37.8. The van der Waals surface area contributed by atoms with Gasteiger partial charge >= 0.3 is 18.8 Å². The predicted octanol–water partition coefficient (Wildman–Crippen LogP) is 8.41. The third-order valence-electron chi connectivity index (χ3n) is 9.15. The first kappa shape index (κ1) is 49.8. The Morgan fingerprint density at radius 2 is 1.15 bits per heavy atom. The van der Waals surface area contributed by atoms with Crippen molar-refractivity contribution in [2.75, 3.05) is 13.2 Å². The number of alkyl halides is 6. The zero-order valence-corrected chi connectivity index (χ0v) is 38.4. The molecule has 0 atom stereocenters. The van der Waals surface area contributed by atoms with Crippen LogP contribution in [0, 0.1) is 0 Å². The number of aromatic nitrogens is 12. The van der Waals surface area contributed by atoms with Crippen molar-refractivity contribution in [2.24, 2.45) is 0 Å². The van der Waals surface area contributed by atoms with Crippen molar-refractivity contribution in [1.82, 2.24) is 59.9 Å². The molecule has 0 saturated heterocycles. The van der Waals surface area contributed by atoms with Gasteiger partial charge in [-0.3, -0.25) is 23.8 Å². The van der Waals surface area contributed by atoms with Gasteiger partial charge in [0.15, 0.2) is 11.0 Å². The van der Waals surface area contributed by atoms with Crippen LogP contribution < -0.4 is 20.6 Å². The van der Waals surface area contributed by atoms with Crippen LogP contribution >= 0.6 is 0 Å². The summed E-state index contributed by atoms with van der Waals surface area (Å²) < 4.78 is 95.8. The van der Waals surface area contributed by atoms with Gasteiger partial charge in [0.25, 0.3) is 11.1 Å². The van der Waals surface area contributed by atoms with Gasteiger partial charge < -0.3 is 18.9 Å². The number of ether oxygens (including phenoxy) is 4. The van der Waals surface area contributed by atoms with Gasteiger partial charge in [0, 0.05) is 79.7 Å². The molecular weight excluding hydrogens is 927 g/mol. The van der Waals surface area contributed by atoms with Gasteiger partial charge in [-0.15, -0.1) is 26.3 Å². The second-order valence-electron chi connectivity index (χ2n) is 16.7. The number of benzene rings is 2. The summed E-state index contributed by atoms with van der Waals surface area (Å²) in [5.74, 6) is -0.812. The number of halogens is 6. The smallest absolute Gasteiger partial charge is 0.442 e. The van der Waals surface area contributed by atoms with E-state index in [1.165, 1.54) is 64.2 Å². The van der Waals surface area contributed by atoms with E-state index in [4.69, 9.17) is 9.47 Å². The maximum Gasteiger partial charge on any atom is 0.573 e. The number of carbonyl (C=O) groups is 1. The molecule has 6 heterocycles. The molecule has 0 aliphatic rings. The minimum absolute atomic E-state index is 0.00636. The molecule has 0 radical (unpaired) electrons. The zero-order chi connectivity index (χ0) is 49.6. The van der Waals surface area contributed by atoms with Gasteiger partial charge in [-0.25, -0.2) is 4.79 Å². The van der Waals surface area contributed by atoms with Crippen molar-refractivity contribution in [1.29, 1.82) is 0 Å². The Labute approximate surface area is 382 Å². The number of fused-ring (bicyclic) bond motifs is 2. The summed E-state index contributed by atoms with van der Waals surface area (Å²) in [6, 6.07) is 11.0. The van der Waals surface area contributed by atoms with E-state index in [1.807, 2.05) is 6.92 Å². The van der Waals surface area contributed by atoms with Gasteiger partial charge in [0.05, 0.1) is 12.4 Å². The highest BCUT2D eigenvalue weighted by Crippen LogP contribution is 2.29. The maximum absolute atomic E-state index is 12.9. The Bertz CT molecular complexity index is 3080. The lowest BCUT2D eigenvalue weighted by Gasteiger charge is -2.18. The lowest BCUT2D eigenvalue weighted by atomic mass is 10.1. The summed E-state index contributed by atoms with van der Waals surface area (Å²) in [7, 11) is -0.819. The molecule has 6 aromatic heterocycles. The number of nitrogens with zero attached hydrogens (tertiary/aromatic N) is 9. The molecule has 26 heteroatoms. The Balaban J connectivity index is 0.000000193. The van der Waals surface area contributed by atoms with Crippen LogP contribution in [0.2, 0.25) is 25.7 Å². The Morgan fingerprint density at radius 3 is 1.56 bits per heavy atom. The van der Waals surface area contributed by atoms with Crippen molar-refractivity contribution in [3.8, 4) is 45.1 Å². The van der Waals surface area contributed by atoms with Crippen LogP contribution in [0.4, 0.5) is 31.1 Å². The lowest BCUT2D eigenvalue weighted by Crippen LogP contribution is -2.27. The predicted molar refractivity (Wildman–Crippen MR) is 237 cm³/mol. The van der Waals surface area contributed by atoms with E-state index in [0.717, 1.165) is 42.2 Å². The van der Waals surface area contributed by atoms with Crippen LogP contribution in [0.15, 0.2) is 95.3 Å². The number of carbonyl (C=O) groups excluding carboxylic acids is 1. The number of aromatic amines is 3. The number of H-pyrrole nitrogens is 3. The van der Waals surface area contributed by atoms with Crippen molar-refractivity contribution in [3.63, 3.8) is 0 Å². The fourth-order valence-corrected chi connectivity index (χ4v) is 6.83. The molecule has 2 aromatic carbocycles. The minimum atomic E-state index is -4.83. The Kier molecular flexibility index (Phi) is 14.7. The molecule has 8 aromatic rings. The maximum atomic E-state index is 12.9. The second-order valence-corrected chi connectivity index (χ2v) is 22.3. The zero-order valence-electron chi connectivity index (χ0n) is 37.4. The van der Waals surface area contributed by atoms with Gasteiger partial charge in [-0.1, -0.05) is 19.6 Å². The number of nitrogens with one attached hydrogen (secondary N) is 3. The number of hydrogen-bond acceptors (Lipinski definition) is 13. The van der Waals surface area contributed by atoms with Gasteiger partial charge in [-0.05, 0) is 82.3 Å². The average Bonchev–Trinajstić information content (AvgIpc) is 4.09. The van der Waals surface area contributed by atoms with E-state index in [0.29, 0.717) is 33.5 Å². The molecule has 0 unspecified atom stereocenters. The van der Waals surface area contributed by atoms with Crippen LogP contribution in [-0.4, -0.2) is 106 Å². The molecule has 0 bridgehead atoms. The van der Waals surface area contributed by atoms with Crippen molar-refractivity contribution in [3.05, 3.63) is 106 Å². The first-order valence-electron chi connectivity index (χ1n) is 20.4. The van der Waals surface area contributed by atoms with E-state index < -0.39 is 49.4 Å². The highest BCUT2D eigenvalue weighted by Gasteiger charge is 2.32. The van der Waals surface area contributed by atoms with E-state index in [9.17, 15) is 40.7 Å². The van der Waals surface area contributed by atoms with Gasteiger partial charge in [-0.2, -0.15) is 45.7 Å². The molecule has 3 N–H and O–H groups in total. The van der Waals surface area contributed by atoms with E-state index in [1.54, 1.807) is 33.2 Å². The van der Waals surface area contributed by atoms with Crippen molar-refractivity contribution in [2.45, 2.75) is 71.7 Å². The number of hydrogen-bond donors (Lipinski definition) is 3. The Morgan fingerprint density at radius 1 is 0.676 bits per heavy atom. The largest absolute Gasteiger partial charge is 0.573 e. The summed E-state index contributed by atoms with van der Waals surface area (Å²) in [6.45, 7) is 16.1. The number of rotatable bonds is 10. The quantitative estimate of drug-likeness (QED) is 0.0665. The molecule has 68 heavy (non-hydrogen) atoms. The molecular formula is C42H44F6N12O7Si. The molecule has 0 aliphatic heterocycles. The summed E-state index contributed by atoms with van der Waals surface area (Å²) >= 11 is 0. The lowest BCUT2D eigenvalue weighted by molar-refractivity contribution is -0.275. The van der Waals surface area contributed by atoms with Crippen LogP contribution in [0.5, 0.6) is 11.5 Å². The highest BCUT2D eigenvalue weighted by atomic mass is 28.3. The normalized spacial score (nSPS) is 12.0. The van der Waals surface area contributed by atoms with E-state index in [2.05, 4.69) is 75.2 Å². The highest BCUT2D eigenvalue weighted by molar-refractivity contribution is 6.76. The second kappa shape index (κ2) is 20.1. The van der Waals surface area contributed by atoms with Crippen LogP contribution in [0.1, 0.15) is 27.7 Å². The summed E-state index contributed by atoms with van der Waals surface area (Å²) in [5, 5.41) is 31.1. The molecule has 8 rings (SSSR count). The summed E-state index contributed by atoms with van der Waals surface area (Å²) in [5.41, 5.74) is 1.66. The first-order valence-corrected chi connectivity index (χ1v) is 24.1. The molecule has 360 valence electrons. The van der Waals surface area contributed by atoms with Crippen molar-refractivity contribution < 1.29 is 50.1 Å². The van der Waals surface area contributed by atoms with E-state index >= 15 is 0 Å². The molecule has 0 fully saturated rings. The standard InChI is InChI=1S/C20H17F3N6O4.C15H9F3N6O2.C7H18OSi/c1-19(2,3)33-18(31)29-9-11(8-24-29)14-10-28(17(30)16-15(14)25-27-26-16)12-4-6-13(7-5-12)32-20(21,22)23;16-15(17,18)26-10-3-1-9(2-4-10)24-7-11(8-5-19-20-6-8)12-13(14(24)25)22-23-21-12;1-5-8-6-7-9(2,3)4/h4-10H,1-3H3,(H,25,26,27);1-7H,(H,19,20)(H,21,22,23);5-7H2,1-4H3. The Hall–Kier alpha value is -7.61.